The van der Waals surface area contributed by atoms with Crippen molar-refractivity contribution in [3.63, 3.8) is 0 Å². The van der Waals surface area contributed by atoms with Gasteiger partial charge in [-0.05, 0) is 25.5 Å². The zero-order valence-electron chi connectivity index (χ0n) is 10.7. The van der Waals surface area contributed by atoms with E-state index < -0.39 is 0 Å². The third kappa shape index (κ3) is 3.12. The fourth-order valence-electron chi connectivity index (χ4n) is 1.67. The van der Waals surface area contributed by atoms with Crippen LogP contribution in [0, 0.1) is 0 Å². The number of carbonyl (C=O) groups is 1. The predicted octanol–water partition coefficient (Wildman–Crippen LogP) is 2.15. The number of nitrogen functional groups attached to an aromatic ring is 1. The van der Waals surface area contributed by atoms with E-state index in [0.29, 0.717) is 23.6 Å². The Kier molecular flexibility index (Phi) is 4.82. The first-order valence-corrected chi connectivity index (χ1v) is 5.88. The number of carbonyl (C=O) groups excluding carboxylic acids is 1. The Bertz CT molecular complexity index is 391. The second-order valence-corrected chi connectivity index (χ2v) is 3.88. The van der Waals surface area contributed by atoms with Gasteiger partial charge in [0.15, 0.2) is 5.75 Å². The first kappa shape index (κ1) is 13.4. The van der Waals surface area contributed by atoms with Gasteiger partial charge in [-0.2, -0.15) is 0 Å². The lowest BCUT2D eigenvalue weighted by molar-refractivity contribution is 0.0791. The Morgan fingerprint density at radius 1 is 1.41 bits per heavy atom. The van der Waals surface area contributed by atoms with Crippen LogP contribution in [0.15, 0.2) is 18.2 Å². The van der Waals surface area contributed by atoms with Gasteiger partial charge in [-0.3, -0.25) is 4.79 Å². The molecule has 0 bridgehead atoms. The monoisotopic (exact) mass is 236 g/mol. The van der Waals surface area contributed by atoms with E-state index in [1.807, 2.05) is 13.8 Å². The van der Waals surface area contributed by atoms with Gasteiger partial charge in [-0.15, -0.1) is 0 Å². The van der Waals surface area contributed by atoms with E-state index in [4.69, 9.17) is 10.5 Å². The Morgan fingerprint density at radius 2 is 2.12 bits per heavy atom. The summed E-state index contributed by atoms with van der Waals surface area (Å²) in [6.45, 7) is 5.12. The Hall–Kier alpha value is -1.71. The molecule has 0 aliphatic heterocycles. The number of benzene rings is 1. The average molecular weight is 236 g/mol. The van der Waals surface area contributed by atoms with Crippen LogP contribution in [0.4, 0.5) is 5.69 Å². The van der Waals surface area contributed by atoms with Crippen LogP contribution in [0.1, 0.15) is 30.6 Å². The molecule has 4 nitrogen and oxygen atoms in total. The normalized spacial score (nSPS) is 10.1. The molecule has 0 atom stereocenters. The molecular formula is C13H20N2O2. The van der Waals surface area contributed by atoms with Gasteiger partial charge < -0.3 is 15.4 Å². The summed E-state index contributed by atoms with van der Waals surface area (Å²) in [5.41, 5.74) is 6.86. The number of para-hydroxylation sites is 1. The number of ether oxygens (including phenoxy) is 1. The summed E-state index contributed by atoms with van der Waals surface area (Å²) >= 11 is 0. The highest BCUT2D eigenvalue weighted by atomic mass is 16.5. The average Bonchev–Trinajstić information content (AvgIpc) is 2.31. The van der Waals surface area contributed by atoms with Crippen molar-refractivity contribution >= 4 is 11.6 Å². The smallest absolute Gasteiger partial charge is 0.257 e. The van der Waals surface area contributed by atoms with Crippen LogP contribution < -0.4 is 10.5 Å². The number of rotatable bonds is 5. The molecule has 0 aliphatic carbocycles. The Labute approximate surface area is 102 Å². The summed E-state index contributed by atoms with van der Waals surface area (Å²) in [5.74, 6) is 0.436. The largest absolute Gasteiger partial charge is 0.491 e. The molecule has 1 amide bonds. The third-order valence-electron chi connectivity index (χ3n) is 2.47. The highest BCUT2D eigenvalue weighted by molar-refractivity contribution is 5.98. The topological polar surface area (TPSA) is 55.6 Å². The van der Waals surface area contributed by atoms with E-state index in [1.165, 1.54) is 0 Å². The van der Waals surface area contributed by atoms with E-state index in [0.717, 1.165) is 13.0 Å². The van der Waals surface area contributed by atoms with Crippen LogP contribution in [-0.2, 0) is 0 Å². The molecule has 0 radical (unpaired) electrons. The van der Waals surface area contributed by atoms with E-state index in [-0.39, 0.29) is 5.91 Å². The molecule has 1 aromatic rings. The minimum atomic E-state index is -0.0531. The molecule has 0 saturated heterocycles. The summed E-state index contributed by atoms with van der Waals surface area (Å²) in [7, 11) is 1.78. The van der Waals surface area contributed by atoms with Crippen molar-refractivity contribution in [2.45, 2.75) is 20.3 Å². The van der Waals surface area contributed by atoms with Crippen molar-refractivity contribution in [2.24, 2.45) is 0 Å². The van der Waals surface area contributed by atoms with Crippen molar-refractivity contribution in [1.82, 2.24) is 4.90 Å². The summed E-state index contributed by atoms with van der Waals surface area (Å²) in [4.78, 5) is 13.9. The number of hydrogen-bond acceptors (Lipinski definition) is 3. The maximum atomic E-state index is 12.2. The molecule has 0 unspecified atom stereocenters. The standard InChI is InChI=1S/C13H20N2O2/c1-4-9-15(3)13(16)10-7-6-8-11(14)12(10)17-5-2/h6-8H,4-5,9,14H2,1-3H3. The zero-order valence-corrected chi connectivity index (χ0v) is 10.7. The number of hydrogen-bond donors (Lipinski definition) is 1. The van der Waals surface area contributed by atoms with Gasteiger partial charge in [0.05, 0.1) is 17.9 Å². The van der Waals surface area contributed by atoms with Gasteiger partial charge in [0, 0.05) is 13.6 Å². The Balaban J connectivity index is 3.03. The lowest BCUT2D eigenvalue weighted by Gasteiger charge is -2.19. The molecule has 0 saturated carbocycles. The summed E-state index contributed by atoms with van der Waals surface area (Å²) in [5, 5.41) is 0. The first-order chi connectivity index (χ1) is 8.11. The molecule has 0 aliphatic rings. The maximum absolute atomic E-state index is 12.2. The third-order valence-corrected chi connectivity index (χ3v) is 2.47. The molecule has 94 valence electrons. The van der Waals surface area contributed by atoms with Gasteiger partial charge in [0.2, 0.25) is 0 Å². The number of nitrogens with two attached hydrogens (primary N) is 1. The van der Waals surface area contributed by atoms with E-state index >= 15 is 0 Å². The van der Waals surface area contributed by atoms with Crippen LogP contribution in [0.3, 0.4) is 0 Å². The lowest BCUT2D eigenvalue weighted by atomic mass is 10.1. The zero-order chi connectivity index (χ0) is 12.8. The molecule has 1 aromatic carbocycles. The molecule has 1 rings (SSSR count). The number of anilines is 1. The van der Waals surface area contributed by atoms with Crippen LogP contribution >= 0.6 is 0 Å². The molecule has 0 fully saturated rings. The van der Waals surface area contributed by atoms with Crippen molar-refractivity contribution in [1.29, 1.82) is 0 Å². The van der Waals surface area contributed by atoms with Gasteiger partial charge >= 0.3 is 0 Å². The highest BCUT2D eigenvalue weighted by Crippen LogP contribution is 2.27. The summed E-state index contributed by atoms with van der Waals surface area (Å²) in [6, 6.07) is 5.25. The fourth-order valence-corrected chi connectivity index (χ4v) is 1.67. The molecular weight excluding hydrogens is 216 g/mol. The van der Waals surface area contributed by atoms with E-state index in [2.05, 4.69) is 0 Å². The molecule has 0 heterocycles. The quantitative estimate of drug-likeness (QED) is 0.797. The van der Waals surface area contributed by atoms with Crippen LogP contribution in [-0.4, -0.2) is 31.0 Å². The van der Waals surface area contributed by atoms with E-state index in [9.17, 15) is 4.79 Å². The minimum absolute atomic E-state index is 0.0531. The maximum Gasteiger partial charge on any atom is 0.257 e. The predicted molar refractivity (Wildman–Crippen MR) is 69.3 cm³/mol. The number of nitrogens with zero attached hydrogens (tertiary/aromatic N) is 1. The number of amides is 1. The second-order valence-electron chi connectivity index (χ2n) is 3.88. The van der Waals surface area contributed by atoms with Gasteiger partial charge in [0.25, 0.3) is 5.91 Å². The molecule has 4 heteroatoms. The molecule has 2 N–H and O–H groups in total. The lowest BCUT2D eigenvalue weighted by Crippen LogP contribution is -2.28. The van der Waals surface area contributed by atoms with Crippen molar-refractivity contribution in [3.8, 4) is 5.75 Å². The fraction of sp³-hybridized carbons (Fsp3) is 0.462. The minimum Gasteiger partial charge on any atom is -0.491 e. The molecule has 17 heavy (non-hydrogen) atoms. The van der Waals surface area contributed by atoms with Gasteiger partial charge in [0.1, 0.15) is 0 Å². The highest BCUT2D eigenvalue weighted by Gasteiger charge is 2.17. The van der Waals surface area contributed by atoms with Crippen LogP contribution in [0.2, 0.25) is 0 Å². The van der Waals surface area contributed by atoms with Crippen molar-refractivity contribution in [2.75, 3.05) is 25.9 Å². The van der Waals surface area contributed by atoms with Crippen molar-refractivity contribution in [3.05, 3.63) is 23.8 Å². The van der Waals surface area contributed by atoms with E-state index in [1.54, 1.807) is 30.1 Å². The molecule has 0 aromatic heterocycles. The van der Waals surface area contributed by atoms with Crippen LogP contribution in [0.25, 0.3) is 0 Å². The second kappa shape index (κ2) is 6.13. The Morgan fingerprint density at radius 3 is 2.71 bits per heavy atom. The van der Waals surface area contributed by atoms with Crippen LogP contribution in [0.5, 0.6) is 5.75 Å². The van der Waals surface area contributed by atoms with Gasteiger partial charge in [-0.1, -0.05) is 13.0 Å². The van der Waals surface area contributed by atoms with Crippen molar-refractivity contribution < 1.29 is 9.53 Å². The first-order valence-electron chi connectivity index (χ1n) is 5.88. The summed E-state index contributed by atoms with van der Waals surface area (Å²) < 4.78 is 5.44. The molecule has 0 spiro atoms. The summed E-state index contributed by atoms with van der Waals surface area (Å²) in [6.07, 6.45) is 0.925. The SMILES string of the molecule is CCCN(C)C(=O)c1cccc(N)c1OCC. The van der Waals surface area contributed by atoms with Gasteiger partial charge in [-0.25, -0.2) is 0 Å².